The van der Waals surface area contributed by atoms with Gasteiger partial charge < -0.3 is 11.1 Å². The monoisotopic (exact) mass is 412 g/mol. The minimum Gasteiger partial charge on any atom is -0.375 e. The molecule has 1 heterocycles. The number of nitrogens with two attached hydrogens (primary N) is 1. The maximum atomic E-state index is 12.1. The Hall–Kier alpha value is -3.07. The molecule has 5 N–H and O–H groups in total. The maximum Gasteiger partial charge on any atom is 0.241 e. The Morgan fingerprint density at radius 2 is 1.86 bits per heavy atom. The van der Waals surface area contributed by atoms with Crippen molar-refractivity contribution < 1.29 is 9.59 Å². The second kappa shape index (κ2) is 9.92. The highest BCUT2D eigenvalue weighted by Gasteiger charge is 2.30. The Morgan fingerprint density at radius 3 is 2.55 bits per heavy atom. The number of benzene rings is 1. The largest absolute Gasteiger partial charge is 0.375 e. The molecule has 1 aromatic heterocycles. The Morgan fingerprint density at radius 1 is 1.07 bits per heavy atom. The minimum absolute atomic E-state index is 0.0409. The summed E-state index contributed by atoms with van der Waals surface area (Å²) in [5, 5.41) is 11.1. The Kier molecular flexibility index (Phi) is 7.07. The third-order valence-corrected chi connectivity index (χ3v) is 5.02. The fourth-order valence-electron chi connectivity index (χ4n) is 3.52. The maximum absolute atomic E-state index is 12.1. The number of aromatic nitrogens is 2. The Balaban J connectivity index is 1.45. The second-order valence-corrected chi connectivity index (χ2v) is 7.62. The number of anilines is 1. The van der Waals surface area contributed by atoms with Crippen LogP contribution in [0.15, 0.2) is 42.5 Å². The number of rotatable bonds is 6. The zero-order valence-corrected chi connectivity index (χ0v) is 16.7. The number of hydrazine groups is 1. The summed E-state index contributed by atoms with van der Waals surface area (Å²) in [6.07, 6.45) is 3.58. The van der Waals surface area contributed by atoms with Crippen molar-refractivity contribution >= 4 is 35.0 Å². The summed E-state index contributed by atoms with van der Waals surface area (Å²) in [5.41, 5.74) is 12.1. The predicted molar refractivity (Wildman–Crippen MR) is 113 cm³/mol. The number of nitrogens with one attached hydrogen (secondary N) is 3. The third-order valence-electron chi connectivity index (χ3n) is 4.91. The fraction of sp³-hybridized carbons (Fsp3) is 0.350. The number of thiocarbonyl (C=S) groups is 1. The molecule has 1 aliphatic rings. The van der Waals surface area contributed by atoms with Gasteiger partial charge in [-0.2, -0.15) is 5.10 Å². The van der Waals surface area contributed by atoms with Gasteiger partial charge in [0.05, 0.1) is 12.1 Å². The lowest BCUT2D eigenvalue weighted by Crippen LogP contribution is -2.46. The van der Waals surface area contributed by atoms with Gasteiger partial charge in [-0.05, 0) is 61.5 Å². The molecule has 0 saturated heterocycles. The van der Waals surface area contributed by atoms with Crippen molar-refractivity contribution in [3.8, 4) is 0 Å². The number of amides is 2. The molecule has 1 saturated carbocycles. The van der Waals surface area contributed by atoms with Gasteiger partial charge >= 0.3 is 0 Å². The highest BCUT2D eigenvalue weighted by Crippen LogP contribution is 2.33. The van der Waals surface area contributed by atoms with E-state index in [0.717, 1.165) is 36.9 Å². The van der Waals surface area contributed by atoms with E-state index in [1.807, 2.05) is 36.4 Å². The summed E-state index contributed by atoms with van der Waals surface area (Å²) in [4.78, 5) is 24.2. The molecule has 2 atom stereocenters. The molecule has 2 aromatic rings. The van der Waals surface area contributed by atoms with Crippen LogP contribution >= 0.6 is 12.2 Å². The molecular formula is C20H24N6O2S. The lowest BCUT2D eigenvalue weighted by atomic mass is 9.99. The van der Waals surface area contributed by atoms with Crippen molar-refractivity contribution in [1.82, 2.24) is 21.0 Å². The van der Waals surface area contributed by atoms with Gasteiger partial charge in [0.2, 0.25) is 11.8 Å². The predicted octanol–water partition coefficient (Wildman–Crippen LogP) is 1.48. The fourth-order valence-corrected chi connectivity index (χ4v) is 3.57. The number of hydrogen-bond donors (Lipinski definition) is 4. The summed E-state index contributed by atoms with van der Waals surface area (Å²) in [6, 6.07) is 13.2. The normalized spacial score (nSPS) is 18.1. The quantitative estimate of drug-likeness (QED) is 0.419. The van der Waals surface area contributed by atoms with Gasteiger partial charge in [-0.15, -0.1) is 5.10 Å². The molecule has 1 fully saturated rings. The summed E-state index contributed by atoms with van der Waals surface area (Å²) < 4.78 is 0. The molecule has 0 aliphatic heterocycles. The van der Waals surface area contributed by atoms with Crippen LogP contribution < -0.4 is 21.9 Å². The molecule has 0 unspecified atom stereocenters. The van der Waals surface area contributed by atoms with Crippen LogP contribution in [0.2, 0.25) is 0 Å². The molecule has 8 nitrogen and oxygen atoms in total. The zero-order chi connectivity index (χ0) is 20.6. The first-order valence-corrected chi connectivity index (χ1v) is 9.92. The van der Waals surface area contributed by atoms with Crippen molar-refractivity contribution in [2.75, 3.05) is 5.32 Å². The molecule has 0 spiro atoms. The van der Waals surface area contributed by atoms with Crippen LogP contribution in [0.5, 0.6) is 0 Å². The third kappa shape index (κ3) is 6.49. The SMILES string of the molecule is NC(=S)NNC(=O)[C@H]1CC[C@@H](Cc2ccc(NC(=O)Cc3ccccc3)nn2)C1. The van der Waals surface area contributed by atoms with E-state index in [1.54, 1.807) is 6.07 Å². The van der Waals surface area contributed by atoms with Gasteiger partial charge in [0.25, 0.3) is 0 Å². The standard InChI is InChI=1S/C20H24N6O2S/c21-20(29)26-25-19(28)15-7-6-14(10-15)11-16-8-9-17(24-23-16)22-18(27)12-13-4-2-1-3-5-13/h1-5,8-9,14-15H,6-7,10-12H2,(H,25,28)(H3,21,26,29)(H,22,24,27)/t14-,15+/m1/s1. The number of nitrogens with zero attached hydrogens (tertiary/aromatic N) is 2. The van der Waals surface area contributed by atoms with Crippen LogP contribution in [0.25, 0.3) is 0 Å². The van der Waals surface area contributed by atoms with Crippen LogP contribution in [-0.4, -0.2) is 27.1 Å². The molecule has 1 aliphatic carbocycles. The minimum atomic E-state index is -0.131. The number of carbonyl (C=O) groups excluding carboxylic acids is 2. The molecule has 9 heteroatoms. The molecule has 3 rings (SSSR count). The van der Waals surface area contributed by atoms with Crippen LogP contribution in [-0.2, 0) is 22.4 Å². The van der Waals surface area contributed by atoms with Gasteiger partial charge in [-0.1, -0.05) is 30.3 Å². The van der Waals surface area contributed by atoms with E-state index >= 15 is 0 Å². The zero-order valence-electron chi connectivity index (χ0n) is 15.9. The Labute approximate surface area is 174 Å². The van der Waals surface area contributed by atoms with E-state index in [2.05, 4.69) is 38.6 Å². The van der Waals surface area contributed by atoms with Crippen molar-refractivity contribution in [2.45, 2.75) is 32.1 Å². The van der Waals surface area contributed by atoms with Crippen LogP contribution in [0.4, 0.5) is 5.82 Å². The van der Waals surface area contributed by atoms with Crippen molar-refractivity contribution in [2.24, 2.45) is 17.6 Å². The molecule has 29 heavy (non-hydrogen) atoms. The highest BCUT2D eigenvalue weighted by molar-refractivity contribution is 7.80. The number of carbonyl (C=O) groups is 2. The summed E-state index contributed by atoms with van der Waals surface area (Å²) >= 11 is 4.68. The van der Waals surface area contributed by atoms with Gasteiger partial charge in [0, 0.05) is 5.92 Å². The molecular weight excluding hydrogens is 388 g/mol. The highest BCUT2D eigenvalue weighted by atomic mass is 32.1. The van der Waals surface area contributed by atoms with E-state index in [0.29, 0.717) is 18.2 Å². The molecule has 0 bridgehead atoms. The first-order chi connectivity index (χ1) is 14.0. The molecule has 152 valence electrons. The van der Waals surface area contributed by atoms with E-state index in [-0.39, 0.29) is 22.8 Å². The van der Waals surface area contributed by atoms with Gasteiger partial charge in [-0.3, -0.25) is 20.4 Å². The Bertz CT molecular complexity index is 859. The average molecular weight is 413 g/mol. The van der Waals surface area contributed by atoms with E-state index in [1.165, 1.54) is 0 Å². The van der Waals surface area contributed by atoms with Crippen molar-refractivity contribution in [3.63, 3.8) is 0 Å². The first kappa shape index (κ1) is 20.7. The summed E-state index contributed by atoms with van der Waals surface area (Å²) in [5.74, 6) is 0.508. The lowest BCUT2D eigenvalue weighted by molar-refractivity contribution is -0.125. The van der Waals surface area contributed by atoms with Crippen LogP contribution in [0, 0.1) is 11.8 Å². The summed E-state index contributed by atoms with van der Waals surface area (Å²) in [7, 11) is 0. The topological polar surface area (TPSA) is 122 Å². The second-order valence-electron chi connectivity index (χ2n) is 7.18. The van der Waals surface area contributed by atoms with E-state index < -0.39 is 0 Å². The van der Waals surface area contributed by atoms with E-state index in [9.17, 15) is 9.59 Å². The number of hydrogen-bond acceptors (Lipinski definition) is 5. The lowest BCUT2D eigenvalue weighted by Gasteiger charge is -2.12. The molecule has 0 radical (unpaired) electrons. The average Bonchev–Trinajstić information content (AvgIpc) is 3.17. The van der Waals surface area contributed by atoms with Crippen LogP contribution in [0.3, 0.4) is 0 Å². The molecule has 2 amide bonds. The van der Waals surface area contributed by atoms with Gasteiger partial charge in [0.15, 0.2) is 10.9 Å². The van der Waals surface area contributed by atoms with Crippen LogP contribution in [0.1, 0.15) is 30.5 Å². The van der Waals surface area contributed by atoms with E-state index in [4.69, 9.17) is 5.73 Å². The van der Waals surface area contributed by atoms with Crippen molar-refractivity contribution in [1.29, 1.82) is 0 Å². The summed E-state index contributed by atoms with van der Waals surface area (Å²) in [6.45, 7) is 0. The van der Waals surface area contributed by atoms with Gasteiger partial charge in [-0.25, -0.2) is 0 Å². The van der Waals surface area contributed by atoms with Gasteiger partial charge in [0.1, 0.15) is 0 Å². The molecule has 1 aromatic carbocycles. The smallest absolute Gasteiger partial charge is 0.241 e. The van der Waals surface area contributed by atoms with Crippen molar-refractivity contribution in [3.05, 3.63) is 53.7 Å². The first-order valence-electron chi connectivity index (χ1n) is 9.51.